The fraction of sp³-hybridized carbons (Fsp3) is 0.353. The lowest BCUT2D eigenvalue weighted by atomic mass is 9.84. The molecule has 1 radical (unpaired) electrons. The van der Waals surface area contributed by atoms with Gasteiger partial charge in [0.15, 0.2) is 0 Å². The molecule has 0 amide bonds. The highest BCUT2D eigenvalue weighted by molar-refractivity contribution is 6.60. The minimum atomic E-state index is -0.562. The summed E-state index contributed by atoms with van der Waals surface area (Å²) in [5.74, 6) is 0.782. The Hall–Kier alpha value is -3.28. The molecule has 0 saturated carbocycles. The van der Waals surface area contributed by atoms with Crippen LogP contribution in [-0.4, -0.2) is 31.6 Å². The van der Waals surface area contributed by atoms with Crippen molar-refractivity contribution in [3.8, 4) is 17.0 Å². The average molecular weight is 538 g/mol. The van der Waals surface area contributed by atoms with E-state index in [4.69, 9.17) is 14.5 Å². The average Bonchev–Trinajstić information content (AvgIpc) is 2.90. The molecule has 0 N–H and O–H groups in total. The van der Waals surface area contributed by atoms with Gasteiger partial charge in [-0.05, 0) is 33.2 Å². The van der Waals surface area contributed by atoms with Crippen LogP contribution in [0.3, 0.4) is 0 Å². The van der Waals surface area contributed by atoms with Crippen LogP contribution in [0.1, 0.15) is 58.2 Å². The SMILES string of the molecule is C[Si](COC/C=C/c1cc(C(C)(C)C)ccc1-c1cc(OCc2ccccc2)c2cnccc2n1)C(C)(C)C. The second kappa shape index (κ2) is 12.3. The van der Waals surface area contributed by atoms with E-state index in [0.29, 0.717) is 18.3 Å². The van der Waals surface area contributed by atoms with Gasteiger partial charge in [0.25, 0.3) is 0 Å². The Kier molecular flexibility index (Phi) is 9.03. The Labute approximate surface area is 235 Å². The molecule has 0 aliphatic carbocycles. The molecule has 2 aromatic carbocycles. The highest BCUT2D eigenvalue weighted by Crippen LogP contribution is 2.34. The number of fused-ring (bicyclic) bond motifs is 1. The van der Waals surface area contributed by atoms with Crippen LogP contribution in [0.4, 0.5) is 0 Å². The summed E-state index contributed by atoms with van der Waals surface area (Å²) in [5.41, 5.74) is 6.37. The topological polar surface area (TPSA) is 44.2 Å². The largest absolute Gasteiger partial charge is 0.488 e. The second-order valence-electron chi connectivity index (χ2n) is 12.2. The van der Waals surface area contributed by atoms with Crippen molar-refractivity contribution in [1.29, 1.82) is 0 Å². The van der Waals surface area contributed by atoms with E-state index in [1.807, 2.05) is 36.5 Å². The Bertz CT molecular complexity index is 1420. The highest BCUT2D eigenvalue weighted by Gasteiger charge is 2.22. The maximum absolute atomic E-state index is 6.33. The van der Waals surface area contributed by atoms with E-state index in [-0.39, 0.29) is 5.41 Å². The Balaban J connectivity index is 1.67. The third-order valence-electron chi connectivity index (χ3n) is 7.11. The third-order valence-corrected chi connectivity index (χ3v) is 10.3. The van der Waals surface area contributed by atoms with Crippen LogP contribution in [0.2, 0.25) is 11.6 Å². The molecular formula is C34H41N2O2Si. The second-order valence-corrected chi connectivity index (χ2v) is 15.5. The number of rotatable bonds is 9. The number of hydrogen-bond acceptors (Lipinski definition) is 4. The summed E-state index contributed by atoms with van der Waals surface area (Å²) < 4.78 is 12.4. The standard InChI is InChI=1S/C34H41N2O2Si/c1-33(2,3)27-15-16-28(26(20-27)14-11-19-37-24-39(7)34(4,5)6)31-21-32(29-22-35-18-17-30(29)36-31)38-23-25-12-9-8-10-13-25/h8-18,20-22H,19,23-24H2,1-7H3/b14-11+. The van der Waals surface area contributed by atoms with Crippen molar-refractivity contribution >= 4 is 25.8 Å². The maximum Gasteiger partial charge on any atom is 0.132 e. The van der Waals surface area contributed by atoms with E-state index >= 15 is 0 Å². The summed E-state index contributed by atoms with van der Waals surface area (Å²) in [6, 6.07) is 20.9. The molecule has 0 unspecified atom stereocenters. The minimum absolute atomic E-state index is 0.0380. The molecule has 4 aromatic rings. The number of aromatic nitrogens is 2. The minimum Gasteiger partial charge on any atom is -0.488 e. The van der Waals surface area contributed by atoms with Crippen LogP contribution in [0, 0.1) is 0 Å². The van der Waals surface area contributed by atoms with E-state index in [0.717, 1.165) is 45.3 Å². The third kappa shape index (κ3) is 7.65. The van der Waals surface area contributed by atoms with E-state index in [9.17, 15) is 0 Å². The molecule has 0 fully saturated rings. The summed E-state index contributed by atoms with van der Waals surface area (Å²) in [7, 11) is -0.562. The molecule has 0 aliphatic rings. The number of ether oxygens (including phenoxy) is 2. The molecule has 0 aliphatic heterocycles. The van der Waals surface area contributed by atoms with Crippen molar-refractivity contribution in [2.45, 2.75) is 65.1 Å². The molecule has 2 aromatic heterocycles. The first kappa shape index (κ1) is 28.7. The number of nitrogens with zero attached hydrogens (tertiary/aromatic N) is 2. The van der Waals surface area contributed by atoms with Crippen molar-refractivity contribution in [2.24, 2.45) is 0 Å². The van der Waals surface area contributed by atoms with Gasteiger partial charge in [-0.15, -0.1) is 0 Å². The van der Waals surface area contributed by atoms with Gasteiger partial charge in [-0.25, -0.2) is 4.98 Å². The molecule has 5 heteroatoms. The Morgan fingerprint density at radius 2 is 1.69 bits per heavy atom. The van der Waals surface area contributed by atoms with E-state index < -0.39 is 8.80 Å². The number of hydrogen-bond donors (Lipinski definition) is 0. The normalized spacial score (nSPS) is 12.5. The summed E-state index contributed by atoms with van der Waals surface area (Å²) >= 11 is 0. The summed E-state index contributed by atoms with van der Waals surface area (Å²) in [6.45, 7) is 17.1. The molecule has 0 spiro atoms. The smallest absolute Gasteiger partial charge is 0.132 e. The van der Waals surface area contributed by atoms with Crippen LogP contribution < -0.4 is 4.74 Å². The quantitative estimate of drug-likeness (QED) is 0.158. The molecule has 0 atom stereocenters. The van der Waals surface area contributed by atoms with Gasteiger partial charge in [-0.3, -0.25) is 4.98 Å². The molecule has 0 saturated heterocycles. The molecule has 4 nitrogen and oxygen atoms in total. The summed E-state index contributed by atoms with van der Waals surface area (Å²) in [6.07, 6.45) is 8.75. The van der Waals surface area contributed by atoms with Gasteiger partial charge in [0, 0.05) is 30.3 Å². The molecule has 4 rings (SSSR count). The van der Waals surface area contributed by atoms with Gasteiger partial charge in [0.1, 0.15) is 12.4 Å². The van der Waals surface area contributed by atoms with Crippen molar-refractivity contribution < 1.29 is 9.47 Å². The first-order valence-electron chi connectivity index (χ1n) is 13.7. The van der Waals surface area contributed by atoms with E-state index in [2.05, 4.69) is 95.6 Å². The van der Waals surface area contributed by atoms with Gasteiger partial charge in [0.05, 0.1) is 32.0 Å². The lowest BCUT2D eigenvalue weighted by molar-refractivity contribution is 0.206. The predicted molar refractivity (Wildman–Crippen MR) is 166 cm³/mol. The first-order chi connectivity index (χ1) is 18.5. The Morgan fingerprint density at radius 1 is 0.923 bits per heavy atom. The van der Waals surface area contributed by atoms with Crippen LogP contribution in [0.25, 0.3) is 28.2 Å². The molecule has 0 bridgehead atoms. The lowest BCUT2D eigenvalue weighted by Crippen LogP contribution is -2.27. The number of benzene rings is 2. The maximum atomic E-state index is 6.33. The zero-order chi connectivity index (χ0) is 28.0. The lowest BCUT2D eigenvalue weighted by Gasteiger charge is -2.24. The fourth-order valence-corrected chi connectivity index (χ4v) is 4.96. The van der Waals surface area contributed by atoms with Crippen LogP contribution in [0.5, 0.6) is 5.75 Å². The predicted octanol–water partition coefficient (Wildman–Crippen LogP) is 8.67. The molecule has 39 heavy (non-hydrogen) atoms. The summed E-state index contributed by atoms with van der Waals surface area (Å²) in [5, 5.41) is 1.24. The zero-order valence-electron chi connectivity index (χ0n) is 24.4. The highest BCUT2D eigenvalue weighted by atomic mass is 28.3. The Morgan fingerprint density at radius 3 is 2.41 bits per heavy atom. The van der Waals surface area contributed by atoms with Gasteiger partial charge < -0.3 is 9.47 Å². The van der Waals surface area contributed by atoms with Gasteiger partial charge >= 0.3 is 0 Å². The summed E-state index contributed by atoms with van der Waals surface area (Å²) in [4.78, 5) is 9.36. The van der Waals surface area contributed by atoms with Crippen molar-refractivity contribution in [2.75, 3.05) is 12.8 Å². The first-order valence-corrected chi connectivity index (χ1v) is 15.9. The fourth-order valence-electron chi connectivity index (χ4n) is 4.10. The molecular weight excluding hydrogens is 496 g/mol. The van der Waals surface area contributed by atoms with Crippen molar-refractivity contribution in [3.63, 3.8) is 0 Å². The van der Waals surface area contributed by atoms with Gasteiger partial charge in [0.2, 0.25) is 0 Å². The van der Waals surface area contributed by atoms with Crippen LogP contribution >= 0.6 is 0 Å². The van der Waals surface area contributed by atoms with Crippen LogP contribution in [-0.2, 0) is 16.8 Å². The van der Waals surface area contributed by atoms with Crippen molar-refractivity contribution in [3.05, 3.63) is 95.8 Å². The number of pyridine rings is 2. The van der Waals surface area contributed by atoms with Gasteiger partial charge in [-0.1, -0.05) is 109 Å². The van der Waals surface area contributed by atoms with E-state index in [1.54, 1.807) is 6.20 Å². The zero-order valence-corrected chi connectivity index (χ0v) is 25.4. The van der Waals surface area contributed by atoms with Gasteiger partial charge in [-0.2, -0.15) is 0 Å². The van der Waals surface area contributed by atoms with E-state index in [1.165, 1.54) is 5.56 Å². The van der Waals surface area contributed by atoms with Crippen molar-refractivity contribution in [1.82, 2.24) is 9.97 Å². The molecule has 2 heterocycles. The molecule has 203 valence electrons. The monoisotopic (exact) mass is 537 g/mol. The van der Waals surface area contributed by atoms with Crippen LogP contribution in [0.15, 0.2) is 79.1 Å².